The fourth-order valence-electron chi connectivity index (χ4n) is 3.86. The van der Waals surface area contributed by atoms with Crippen molar-refractivity contribution < 1.29 is 21.6 Å². The van der Waals surface area contributed by atoms with Gasteiger partial charge < -0.3 is 4.74 Å². The van der Waals surface area contributed by atoms with Crippen molar-refractivity contribution in [3.05, 3.63) is 60.7 Å². The fraction of sp³-hybridized carbons (Fsp3) is 0.368. The Bertz CT molecular complexity index is 1030. The first-order valence-electron chi connectivity index (χ1n) is 9.13. The zero-order valence-corrected chi connectivity index (χ0v) is 16.9. The molecule has 2 heterocycles. The van der Waals surface area contributed by atoms with E-state index in [0.29, 0.717) is 19.4 Å². The Morgan fingerprint density at radius 3 is 1.75 bits per heavy atom. The number of hydrogen-bond donors (Lipinski definition) is 0. The first-order valence-corrected chi connectivity index (χ1v) is 12.0. The summed E-state index contributed by atoms with van der Waals surface area (Å²) in [6, 6.07) is 16.5. The Morgan fingerprint density at radius 1 is 0.714 bits per heavy atom. The van der Waals surface area contributed by atoms with Gasteiger partial charge in [-0.25, -0.2) is 16.8 Å². The maximum atomic E-state index is 13.1. The molecule has 2 aromatic carbocycles. The zero-order valence-electron chi connectivity index (χ0n) is 15.3. The highest BCUT2D eigenvalue weighted by Crippen LogP contribution is 2.39. The summed E-state index contributed by atoms with van der Waals surface area (Å²) in [5.41, 5.74) is -0.989. The van der Waals surface area contributed by atoms with Crippen molar-refractivity contribution in [1.29, 1.82) is 0 Å². The molecule has 28 heavy (non-hydrogen) atoms. The molecule has 9 heteroatoms. The van der Waals surface area contributed by atoms with Crippen molar-refractivity contribution in [2.75, 3.05) is 26.2 Å². The Kier molecular flexibility index (Phi) is 5.05. The van der Waals surface area contributed by atoms with Gasteiger partial charge in [-0.2, -0.15) is 8.61 Å². The Balaban J connectivity index is 1.56. The second-order valence-electron chi connectivity index (χ2n) is 6.90. The Labute approximate surface area is 165 Å². The standard InChI is InChI=1S/C19H22N2O5S2/c22-27(23,17-7-3-1-4-8-17)20-13-11-19(12-14-20)21(15-16-26-19)28(24,25)18-9-5-2-6-10-18/h1-10H,11-16H2. The second kappa shape index (κ2) is 7.23. The zero-order chi connectivity index (χ0) is 19.8. The number of piperidine rings is 1. The van der Waals surface area contributed by atoms with Gasteiger partial charge in [-0.3, -0.25) is 0 Å². The maximum Gasteiger partial charge on any atom is 0.245 e. The SMILES string of the molecule is O=S(=O)(c1ccccc1)N1CCC2(CC1)OCCN2S(=O)(=O)c1ccccc1. The Hall–Kier alpha value is -1.78. The van der Waals surface area contributed by atoms with Crippen LogP contribution in [0.1, 0.15) is 12.8 Å². The van der Waals surface area contributed by atoms with Crippen molar-refractivity contribution in [1.82, 2.24) is 8.61 Å². The molecule has 2 aliphatic heterocycles. The minimum absolute atomic E-state index is 0.206. The predicted octanol–water partition coefficient (Wildman–Crippen LogP) is 1.89. The minimum Gasteiger partial charge on any atom is -0.358 e. The smallest absolute Gasteiger partial charge is 0.245 e. The van der Waals surface area contributed by atoms with Gasteiger partial charge in [-0.05, 0) is 24.3 Å². The molecule has 1 spiro atoms. The summed E-state index contributed by atoms with van der Waals surface area (Å²) >= 11 is 0. The van der Waals surface area contributed by atoms with E-state index in [2.05, 4.69) is 0 Å². The van der Waals surface area contributed by atoms with Crippen molar-refractivity contribution in [3.63, 3.8) is 0 Å². The van der Waals surface area contributed by atoms with E-state index in [1.807, 2.05) is 0 Å². The molecule has 2 saturated heterocycles. The number of ether oxygens (including phenoxy) is 1. The first kappa shape index (κ1) is 19.5. The normalized spacial score (nSPS) is 21.1. The number of nitrogens with zero attached hydrogens (tertiary/aromatic N) is 2. The molecule has 0 aliphatic carbocycles. The van der Waals surface area contributed by atoms with Crippen LogP contribution in [-0.2, 0) is 24.8 Å². The monoisotopic (exact) mass is 422 g/mol. The third kappa shape index (κ3) is 3.27. The van der Waals surface area contributed by atoms with E-state index in [-0.39, 0.29) is 29.4 Å². The van der Waals surface area contributed by atoms with Gasteiger partial charge in [0.15, 0.2) is 0 Å². The molecule has 0 saturated carbocycles. The van der Waals surface area contributed by atoms with Crippen LogP contribution < -0.4 is 0 Å². The summed E-state index contributed by atoms with van der Waals surface area (Å²) in [5, 5.41) is 0. The average Bonchev–Trinajstić information content (AvgIpc) is 3.13. The lowest BCUT2D eigenvalue weighted by molar-refractivity contribution is -0.0806. The molecule has 0 unspecified atom stereocenters. The molecule has 0 bridgehead atoms. The molecule has 0 atom stereocenters. The quantitative estimate of drug-likeness (QED) is 0.751. The van der Waals surface area contributed by atoms with Gasteiger partial charge in [0.2, 0.25) is 20.0 Å². The van der Waals surface area contributed by atoms with Crippen LogP contribution in [0.4, 0.5) is 0 Å². The first-order chi connectivity index (χ1) is 13.4. The van der Waals surface area contributed by atoms with Crippen molar-refractivity contribution >= 4 is 20.0 Å². The van der Waals surface area contributed by atoms with E-state index in [0.717, 1.165) is 0 Å². The number of sulfonamides is 2. The highest BCUT2D eigenvalue weighted by molar-refractivity contribution is 7.89. The van der Waals surface area contributed by atoms with Gasteiger partial charge in [0.05, 0.1) is 16.4 Å². The highest BCUT2D eigenvalue weighted by Gasteiger charge is 2.51. The van der Waals surface area contributed by atoms with Crippen LogP contribution in [0.3, 0.4) is 0 Å². The van der Waals surface area contributed by atoms with E-state index in [4.69, 9.17) is 4.74 Å². The molecule has 4 rings (SSSR count). The number of rotatable bonds is 4. The molecular formula is C19H22N2O5S2. The molecule has 2 fully saturated rings. The summed E-state index contributed by atoms with van der Waals surface area (Å²) < 4.78 is 60.6. The lowest BCUT2D eigenvalue weighted by atomic mass is 10.0. The summed E-state index contributed by atoms with van der Waals surface area (Å²) in [6.07, 6.45) is 0.594. The highest BCUT2D eigenvalue weighted by atomic mass is 32.2. The van der Waals surface area contributed by atoms with E-state index in [9.17, 15) is 16.8 Å². The molecule has 7 nitrogen and oxygen atoms in total. The maximum absolute atomic E-state index is 13.1. The molecule has 0 radical (unpaired) electrons. The van der Waals surface area contributed by atoms with Crippen molar-refractivity contribution in [2.24, 2.45) is 0 Å². The summed E-state index contributed by atoms with van der Waals surface area (Å²) in [5.74, 6) is 0. The van der Waals surface area contributed by atoms with E-state index >= 15 is 0 Å². The second-order valence-corrected chi connectivity index (χ2v) is 10.7. The number of hydrogen-bond acceptors (Lipinski definition) is 5. The minimum atomic E-state index is -3.71. The van der Waals surface area contributed by atoms with Crippen LogP contribution in [0.25, 0.3) is 0 Å². The van der Waals surface area contributed by atoms with E-state index in [1.54, 1.807) is 60.7 Å². The van der Waals surface area contributed by atoms with Gasteiger partial charge in [0.1, 0.15) is 5.72 Å². The molecule has 2 aromatic rings. The van der Waals surface area contributed by atoms with Crippen LogP contribution in [0, 0.1) is 0 Å². The predicted molar refractivity (Wildman–Crippen MR) is 103 cm³/mol. The summed E-state index contributed by atoms with van der Waals surface area (Å²) in [7, 11) is -7.32. The van der Waals surface area contributed by atoms with Gasteiger partial charge in [0, 0.05) is 32.5 Å². The van der Waals surface area contributed by atoms with Gasteiger partial charge in [0.25, 0.3) is 0 Å². The molecule has 0 amide bonds. The lowest BCUT2D eigenvalue weighted by Crippen LogP contribution is -2.55. The lowest BCUT2D eigenvalue weighted by Gasteiger charge is -2.42. The van der Waals surface area contributed by atoms with E-state index in [1.165, 1.54) is 8.61 Å². The Morgan fingerprint density at radius 2 is 1.21 bits per heavy atom. The molecule has 2 aliphatic rings. The third-order valence-electron chi connectivity index (χ3n) is 5.34. The molecule has 0 aromatic heterocycles. The number of benzene rings is 2. The van der Waals surface area contributed by atoms with Crippen molar-refractivity contribution in [2.45, 2.75) is 28.4 Å². The molecule has 0 N–H and O–H groups in total. The summed E-state index contributed by atoms with van der Waals surface area (Å²) in [4.78, 5) is 0.464. The van der Waals surface area contributed by atoms with Crippen LogP contribution in [0.15, 0.2) is 70.5 Å². The van der Waals surface area contributed by atoms with Gasteiger partial charge >= 0.3 is 0 Å². The van der Waals surface area contributed by atoms with Crippen LogP contribution >= 0.6 is 0 Å². The van der Waals surface area contributed by atoms with Crippen LogP contribution in [0.2, 0.25) is 0 Å². The average molecular weight is 423 g/mol. The molecule has 150 valence electrons. The summed E-state index contributed by atoms with van der Waals surface area (Å²) in [6.45, 7) is 0.982. The van der Waals surface area contributed by atoms with Crippen LogP contribution in [-0.4, -0.2) is 57.4 Å². The third-order valence-corrected chi connectivity index (χ3v) is 9.21. The van der Waals surface area contributed by atoms with Crippen molar-refractivity contribution in [3.8, 4) is 0 Å². The van der Waals surface area contributed by atoms with Gasteiger partial charge in [-0.1, -0.05) is 36.4 Å². The molecular weight excluding hydrogens is 400 g/mol. The van der Waals surface area contributed by atoms with E-state index < -0.39 is 25.8 Å². The van der Waals surface area contributed by atoms with Crippen LogP contribution in [0.5, 0.6) is 0 Å². The van der Waals surface area contributed by atoms with Gasteiger partial charge in [-0.15, -0.1) is 0 Å². The fourth-order valence-corrected chi connectivity index (χ4v) is 7.07. The topological polar surface area (TPSA) is 84.0 Å². The largest absolute Gasteiger partial charge is 0.358 e.